The van der Waals surface area contributed by atoms with Gasteiger partial charge in [-0.1, -0.05) is 19.1 Å². The number of aromatic nitrogens is 1. The molecule has 0 spiro atoms. The molecule has 0 bridgehead atoms. The molecule has 3 N–H and O–H groups in total. The van der Waals surface area contributed by atoms with Gasteiger partial charge < -0.3 is 20.5 Å². The molecule has 0 radical (unpaired) electrons. The molecule has 0 aliphatic carbocycles. The van der Waals surface area contributed by atoms with Gasteiger partial charge in [0.2, 0.25) is 0 Å². The summed E-state index contributed by atoms with van der Waals surface area (Å²) in [6, 6.07) is 11.6. The summed E-state index contributed by atoms with van der Waals surface area (Å²) in [5.74, 6) is 2.41. The van der Waals surface area contributed by atoms with Crippen LogP contribution in [0.25, 0.3) is 0 Å². The van der Waals surface area contributed by atoms with Gasteiger partial charge in [-0.25, -0.2) is 4.98 Å². The van der Waals surface area contributed by atoms with Crippen LogP contribution in [0, 0.1) is 6.92 Å². The lowest BCUT2D eigenvalue weighted by Gasteiger charge is -2.28. The van der Waals surface area contributed by atoms with Crippen molar-refractivity contribution in [1.29, 1.82) is 0 Å². The maximum Gasteiger partial charge on any atom is 0.126 e. The average Bonchev–Trinajstić information content (AvgIpc) is 2.51. The van der Waals surface area contributed by atoms with Crippen LogP contribution in [0.2, 0.25) is 0 Å². The second kappa shape index (κ2) is 8.39. The minimum Gasteiger partial charge on any atom is -0.497 e. The van der Waals surface area contributed by atoms with Gasteiger partial charge in [0.05, 0.1) is 7.11 Å². The van der Waals surface area contributed by atoms with E-state index in [0.717, 1.165) is 36.7 Å². The van der Waals surface area contributed by atoms with Crippen molar-refractivity contribution >= 4 is 5.82 Å². The first-order chi connectivity index (χ1) is 11.1. The Morgan fingerprint density at radius 1 is 1.26 bits per heavy atom. The van der Waals surface area contributed by atoms with E-state index in [-0.39, 0.29) is 0 Å². The number of anilines is 1. The number of methoxy groups -OCH3 is 1. The highest BCUT2D eigenvalue weighted by molar-refractivity contribution is 5.41. The number of benzene rings is 1. The highest BCUT2D eigenvalue weighted by atomic mass is 16.5. The largest absolute Gasteiger partial charge is 0.497 e. The fraction of sp³-hybridized carbons (Fsp3) is 0.389. The molecule has 0 saturated carbocycles. The third-order valence-electron chi connectivity index (χ3n) is 3.60. The lowest BCUT2D eigenvalue weighted by Crippen LogP contribution is -2.50. The topological polar surface area (TPSA) is 69.4 Å². The minimum absolute atomic E-state index is 0.322. The molecular formula is C18H25N3O2. The summed E-state index contributed by atoms with van der Waals surface area (Å²) >= 11 is 0. The zero-order valence-electron chi connectivity index (χ0n) is 14.0. The van der Waals surface area contributed by atoms with E-state index >= 15 is 0 Å². The van der Waals surface area contributed by atoms with Crippen LogP contribution in [0.4, 0.5) is 5.82 Å². The SMILES string of the molecule is CCc1ccc(OC)cc1OC1CNC1.Cc1cccc(N)n1. The number of nitrogens with one attached hydrogen (secondary N) is 1. The van der Waals surface area contributed by atoms with E-state index in [4.69, 9.17) is 15.2 Å². The van der Waals surface area contributed by atoms with Gasteiger partial charge >= 0.3 is 0 Å². The van der Waals surface area contributed by atoms with E-state index in [1.165, 1.54) is 5.56 Å². The molecule has 1 aliphatic heterocycles. The molecule has 2 heterocycles. The average molecular weight is 315 g/mol. The van der Waals surface area contributed by atoms with Crippen molar-refractivity contribution in [1.82, 2.24) is 10.3 Å². The molecule has 5 nitrogen and oxygen atoms in total. The van der Waals surface area contributed by atoms with Crippen molar-refractivity contribution in [3.8, 4) is 11.5 Å². The fourth-order valence-electron chi connectivity index (χ4n) is 2.15. The van der Waals surface area contributed by atoms with Crippen LogP contribution in [-0.2, 0) is 6.42 Å². The van der Waals surface area contributed by atoms with Crippen molar-refractivity contribution in [2.24, 2.45) is 0 Å². The number of nitrogens with two attached hydrogens (primary N) is 1. The van der Waals surface area contributed by atoms with E-state index in [2.05, 4.69) is 23.3 Å². The normalized spacial score (nSPS) is 13.5. The molecule has 0 amide bonds. The van der Waals surface area contributed by atoms with Crippen LogP contribution in [0.5, 0.6) is 11.5 Å². The first-order valence-corrected chi connectivity index (χ1v) is 7.85. The lowest BCUT2D eigenvalue weighted by molar-refractivity contribution is 0.140. The number of aryl methyl sites for hydroxylation is 2. The molecular weight excluding hydrogens is 290 g/mol. The Morgan fingerprint density at radius 3 is 2.52 bits per heavy atom. The van der Waals surface area contributed by atoms with Crippen LogP contribution in [0.15, 0.2) is 36.4 Å². The highest BCUT2D eigenvalue weighted by Gasteiger charge is 2.19. The predicted octanol–water partition coefficient (Wildman–Crippen LogP) is 2.58. The summed E-state index contributed by atoms with van der Waals surface area (Å²) in [5, 5.41) is 3.19. The molecule has 1 aromatic heterocycles. The molecule has 5 heteroatoms. The van der Waals surface area contributed by atoms with Crippen LogP contribution in [0.3, 0.4) is 0 Å². The zero-order valence-corrected chi connectivity index (χ0v) is 14.0. The van der Waals surface area contributed by atoms with Gasteiger partial charge in [-0.05, 0) is 37.1 Å². The number of nitrogen functional groups attached to an aromatic ring is 1. The number of hydrogen-bond acceptors (Lipinski definition) is 5. The van der Waals surface area contributed by atoms with Crippen molar-refractivity contribution in [2.45, 2.75) is 26.4 Å². The molecule has 0 atom stereocenters. The molecule has 1 fully saturated rings. The third-order valence-corrected chi connectivity index (χ3v) is 3.60. The Hall–Kier alpha value is -2.27. The monoisotopic (exact) mass is 315 g/mol. The zero-order chi connectivity index (χ0) is 16.7. The molecule has 1 aromatic carbocycles. The van der Waals surface area contributed by atoms with E-state index in [1.807, 2.05) is 31.2 Å². The van der Waals surface area contributed by atoms with Crippen molar-refractivity contribution < 1.29 is 9.47 Å². The van der Waals surface area contributed by atoms with Gasteiger partial charge in [-0.15, -0.1) is 0 Å². The lowest BCUT2D eigenvalue weighted by atomic mass is 10.1. The molecule has 1 aliphatic rings. The minimum atomic E-state index is 0.322. The van der Waals surface area contributed by atoms with Crippen molar-refractivity contribution in [2.75, 3.05) is 25.9 Å². The van der Waals surface area contributed by atoms with Crippen LogP contribution in [0.1, 0.15) is 18.2 Å². The second-order valence-corrected chi connectivity index (χ2v) is 5.43. The smallest absolute Gasteiger partial charge is 0.126 e. The van der Waals surface area contributed by atoms with Crippen molar-refractivity contribution in [3.05, 3.63) is 47.7 Å². The summed E-state index contributed by atoms with van der Waals surface area (Å²) < 4.78 is 11.1. The quantitative estimate of drug-likeness (QED) is 0.907. The summed E-state index contributed by atoms with van der Waals surface area (Å²) in [6.07, 6.45) is 1.31. The molecule has 3 rings (SSSR count). The molecule has 124 valence electrons. The fourth-order valence-corrected chi connectivity index (χ4v) is 2.15. The van der Waals surface area contributed by atoms with E-state index in [9.17, 15) is 0 Å². The van der Waals surface area contributed by atoms with Gasteiger partial charge in [-0.2, -0.15) is 0 Å². The van der Waals surface area contributed by atoms with Gasteiger partial charge in [0.25, 0.3) is 0 Å². The Kier molecular flexibility index (Phi) is 6.23. The number of nitrogens with zero attached hydrogens (tertiary/aromatic N) is 1. The van der Waals surface area contributed by atoms with Crippen LogP contribution in [-0.4, -0.2) is 31.3 Å². The number of ether oxygens (including phenoxy) is 2. The highest BCUT2D eigenvalue weighted by Crippen LogP contribution is 2.26. The first-order valence-electron chi connectivity index (χ1n) is 7.85. The summed E-state index contributed by atoms with van der Waals surface area (Å²) in [4.78, 5) is 3.95. The standard InChI is InChI=1S/C12H17NO2.C6H8N2/c1-3-9-4-5-10(14-2)6-12(9)15-11-7-13-8-11;1-5-3-2-4-6(7)8-5/h4-6,11,13H,3,7-8H2,1-2H3;2-4H,1H3,(H2,7,8). The first kappa shape index (κ1) is 17.1. The van der Waals surface area contributed by atoms with E-state index in [0.29, 0.717) is 11.9 Å². The summed E-state index contributed by atoms with van der Waals surface area (Å²) in [7, 11) is 1.68. The summed E-state index contributed by atoms with van der Waals surface area (Å²) in [5.41, 5.74) is 7.55. The Bertz CT molecular complexity index is 610. The molecule has 2 aromatic rings. The number of rotatable bonds is 4. The number of pyridine rings is 1. The van der Waals surface area contributed by atoms with E-state index < -0.39 is 0 Å². The van der Waals surface area contributed by atoms with Gasteiger partial charge in [-0.3, -0.25) is 0 Å². The maximum atomic E-state index is 5.87. The van der Waals surface area contributed by atoms with Crippen LogP contribution >= 0.6 is 0 Å². The number of hydrogen-bond donors (Lipinski definition) is 2. The maximum absolute atomic E-state index is 5.87. The third kappa shape index (κ3) is 5.14. The van der Waals surface area contributed by atoms with E-state index in [1.54, 1.807) is 13.2 Å². The van der Waals surface area contributed by atoms with Crippen molar-refractivity contribution in [3.63, 3.8) is 0 Å². The molecule has 1 saturated heterocycles. The second-order valence-electron chi connectivity index (χ2n) is 5.43. The Labute approximate surface area is 137 Å². The Morgan fingerprint density at radius 2 is 2.04 bits per heavy atom. The molecule has 0 unspecified atom stereocenters. The van der Waals surface area contributed by atoms with Crippen LogP contribution < -0.4 is 20.5 Å². The van der Waals surface area contributed by atoms with Gasteiger partial charge in [0, 0.05) is 24.8 Å². The molecule has 23 heavy (non-hydrogen) atoms. The van der Waals surface area contributed by atoms with Gasteiger partial charge in [0.15, 0.2) is 0 Å². The van der Waals surface area contributed by atoms with Gasteiger partial charge in [0.1, 0.15) is 23.4 Å². The Balaban J connectivity index is 0.000000203. The predicted molar refractivity (Wildman–Crippen MR) is 93.0 cm³/mol. The summed E-state index contributed by atoms with van der Waals surface area (Å²) in [6.45, 7) is 5.94.